The highest BCUT2D eigenvalue weighted by Crippen LogP contribution is 2.27. The molecule has 0 unspecified atom stereocenters. The molecule has 0 saturated carbocycles. The molecule has 0 bridgehead atoms. The minimum absolute atomic E-state index is 0.0199. The number of carbonyl (C=O) groups is 1. The number of aliphatic hydroxyl groups is 1. The zero-order chi connectivity index (χ0) is 17.5. The number of benzene rings is 2. The second kappa shape index (κ2) is 8.31. The number of amides is 1. The molecule has 25 heavy (non-hydrogen) atoms. The molecular weight excluding hydrogens is 314 g/mol. The quantitative estimate of drug-likeness (QED) is 0.693. The van der Waals surface area contributed by atoms with Crippen molar-refractivity contribution in [2.75, 3.05) is 6.54 Å². The van der Waals surface area contributed by atoms with Crippen molar-refractivity contribution >= 4 is 5.91 Å². The maximum Gasteiger partial charge on any atom is 0.221 e. The number of nitrogens with one attached hydrogen (secondary N) is 1. The highest BCUT2D eigenvalue weighted by molar-refractivity contribution is 5.77. The van der Waals surface area contributed by atoms with Crippen LogP contribution < -0.4 is 5.32 Å². The summed E-state index contributed by atoms with van der Waals surface area (Å²) in [6.07, 6.45) is 2.54. The summed E-state index contributed by atoms with van der Waals surface area (Å²) in [5.74, 6) is -0.117. The number of rotatable bonds is 7. The van der Waals surface area contributed by atoms with Gasteiger partial charge in [-0.25, -0.2) is 0 Å². The monoisotopic (exact) mass is 335 g/mol. The van der Waals surface area contributed by atoms with Gasteiger partial charge >= 0.3 is 0 Å². The normalized spacial score (nSPS) is 12.1. The molecule has 2 aromatic carbocycles. The molecule has 0 aliphatic rings. The van der Waals surface area contributed by atoms with Crippen molar-refractivity contribution in [3.63, 3.8) is 0 Å². The first-order valence-electron chi connectivity index (χ1n) is 8.31. The van der Waals surface area contributed by atoms with E-state index in [-0.39, 0.29) is 18.4 Å². The SMILES string of the molecule is O=C(CC(c1ccccc1)c1ccccc1)NC[C@@H](O)c1ccoc1. The summed E-state index contributed by atoms with van der Waals surface area (Å²) >= 11 is 0. The Labute approximate surface area is 147 Å². The van der Waals surface area contributed by atoms with Gasteiger partial charge in [-0.1, -0.05) is 60.7 Å². The average Bonchev–Trinajstić information content (AvgIpc) is 3.20. The first kappa shape index (κ1) is 17.0. The van der Waals surface area contributed by atoms with Gasteiger partial charge in [0.25, 0.3) is 0 Å². The largest absolute Gasteiger partial charge is 0.472 e. The molecule has 0 saturated heterocycles. The second-order valence-electron chi connectivity index (χ2n) is 5.95. The Bertz CT molecular complexity index is 730. The molecule has 0 aliphatic heterocycles. The van der Waals surface area contributed by atoms with E-state index in [4.69, 9.17) is 4.42 Å². The van der Waals surface area contributed by atoms with Crippen LogP contribution in [0.2, 0.25) is 0 Å². The van der Waals surface area contributed by atoms with Crippen LogP contribution in [0.25, 0.3) is 0 Å². The fourth-order valence-corrected chi connectivity index (χ4v) is 2.85. The third-order valence-electron chi connectivity index (χ3n) is 4.21. The van der Waals surface area contributed by atoms with Gasteiger partial charge in [0.1, 0.15) is 0 Å². The van der Waals surface area contributed by atoms with Crippen LogP contribution in [0.4, 0.5) is 0 Å². The first-order chi connectivity index (χ1) is 12.2. The van der Waals surface area contributed by atoms with Crippen LogP contribution in [-0.2, 0) is 4.79 Å². The predicted molar refractivity (Wildman–Crippen MR) is 96.0 cm³/mol. The molecule has 0 spiro atoms. The fourth-order valence-electron chi connectivity index (χ4n) is 2.85. The smallest absolute Gasteiger partial charge is 0.221 e. The predicted octanol–water partition coefficient (Wildman–Crippen LogP) is 3.65. The summed E-state index contributed by atoms with van der Waals surface area (Å²) in [5, 5.41) is 12.9. The summed E-state index contributed by atoms with van der Waals surface area (Å²) in [6.45, 7) is 0.161. The van der Waals surface area contributed by atoms with Crippen LogP contribution in [-0.4, -0.2) is 17.6 Å². The second-order valence-corrected chi connectivity index (χ2v) is 5.95. The van der Waals surface area contributed by atoms with E-state index < -0.39 is 6.10 Å². The maximum absolute atomic E-state index is 12.4. The molecule has 0 radical (unpaired) electrons. The van der Waals surface area contributed by atoms with E-state index in [1.54, 1.807) is 6.07 Å². The number of carbonyl (C=O) groups excluding carboxylic acids is 1. The lowest BCUT2D eigenvalue weighted by atomic mass is 9.88. The van der Waals surface area contributed by atoms with Crippen LogP contribution in [0.15, 0.2) is 83.7 Å². The Morgan fingerprint density at radius 1 is 0.920 bits per heavy atom. The number of hydrogen-bond acceptors (Lipinski definition) is 3. The van der Waals surface area contributed by atoms with Crippen LogP contribution >= 0.6 is 0 Å². The van der Waals surface area contributed by atoms with Crippen molar-refractivity contribution < 1.29 is 14.3 Å². The third-order valence-corrected chi connectivity index (χ3v) is 4.21. The van der Waals surface area contributed by atoms with E-state index in [0.717, 1.165) is 11.1 Å². The van der Waals surface area contributed by atoms with Crippen LogP contribution in [0.5, 0.6) is 0 Å². The highest BCUT2D eigenvalue weighted by Gasteiger charge is 2.19. The lowest BCUT2D eigenvalue weighted by molar-refractivity contribution is -0.121. The maximum atomic E-state index is 12.4. The van der Waals surface area contributed by atoms with E-state index in [2.05, 4.69) is 5.32 Å². The highest BCUT2D eigenvalue weighted by atomic mass is 16.3. The summed E-state index contributed by atoms with van der Waals surface area (Å²) in [5.41, 5.74) is 2.85. The van der Waals surface area contributed by atoms with Gasteiger partial charge in [0.15, 0.2) is 0 Å². The van der Waals surface area contributed by atoms with Crippen molar-refractivity contribution in [1.29, 1.82) is 0 Å². The Hall–Kier alpha value is -2.85. The zero-order valence-corrected chi connectivity index (χ0v) is 13.8. The van der Waals surface area contributed by atoms with Crippen LogP contribution in [0.1, 0.15) is 35.1 Å². The Kier molecular flexibility index (Phi) is 5.65. The number of aliphatic hydroxyl groups excluding tert-OH is 1. The number of hydrogen-bond donors (Lipinski definition) is 2. The van der Waals surface area contributed by atoms with Crippen molar-refractivity contribution in [2.24, 2.45) is 0 Å². The standard InChI is InChI=1S/C21H21NO3/c23-20(18-11-12-25-15-18)14-22-21(24)13-19(16-7-3-1-4-8-16)17-9-5-2-6-10-17/h1-12,15,19-20,23H,13-14H2,(H,22,24)/t20-/m1/s1. The van der Waals surface area contributed by atoms with Crippen LogP contribution in [0.3, 0.4) is 0 Å². The molecule has 3 rings (SSSR count). The Morgan fingerprint density at radius 2 is 1.52 bits per heavy atom. The van der Waals surface area contributed by atoms with E-state index in [1.807, 2.05) is 60.7 Å². The van der Waals surface area contributed by atoms with Gasteiger partial charge in [0, 0.05) is 24.4 Å². The first-order valence-corrected chi connectivity index (χ1v) is 8.31. The van der Waals surface area contributed by atoms with Gasteiger partial charge in [-0.2, -0.15) is 0 Å². The summed E-state index contributed by atoms with van der Waals surface area (Å²) in [6, 6.07) is 21.7. The van der Waals surface area contributed by atoms with Gasteiger partial charge < -0.3 is 14.8 Å². The summed E-state index contributed by atoms with van der Waals surface area (Å²) in [4.78, 5) is 12.4. The summed E-state index contributed by atoms with van der Waals surface area (Å²) < 4.78 is 4.95. The van der Waals surface area contributed by atoms with Gasteiger partial charge in [-0.3, -0.25) is 4.79 Å². The van der Waals surface area contributed by atoms with Gasteiger partial charge in [-0.15, -0.1) is 0 Å². The fraction of sp³-hybridized carbons (Fsp3) is 0.190. The van der Waals surface area contributed by atoms with Crippen molar-refractivity contribution in [1.82, 2.24) is 5.32 Å². The van der Waals surface area contributed by atoms with Crippen molar-refractivity contribution in [3.8, 4) is 0 Å². The molecule has 1 amide bonds. The minimum Gasteiger partial charge on any atom is -0.472 e. The van der Waals surface area contributed by atoms with Gasteiger partial charge in [0.2, 0.25) is 5.91 Å². The van der Waals surface area contributed by atoms with Gasteiger partial charge in [-0.05, 0) is 17.2 Å². The average molecular weight is 335 g/mol. The van der Waals surface area contributed by atoms with E-state index in [0.29, 0.717) is 12.0 Å². The molecule has 1 heterocycles. The Morgan fingerprint density at radius 3 is 2.04 bits per heavy atom. The molecule has 1 atom stereocenters. The lowest BCUT2D eigenvalue weighted by Crippen LogP contribution is -2.29. The van der Waals surface area contributed by atoms with Gasteiger partial charge in [0.05, 0.1) is 18.6 Å². The molecule has 2 N–H and O–H groups in total. The lowest BCUT2D eigenvalue weighted by Gasteiger charge is -2.18. The van der Waals surface area contributed by atoms with E-state index in [9.17, 15) is 9.90 Å². The molecular formula is C21H21NO3. The Balaban J connectivity index is 1.67. The summed E-state index contributed by atoms with van der Waals surface area (Å²) in [7, 11) is 0. The van der Waals surface area contributed by atoms with Crippen LogP contribution in [0, 0.1) is 0 Å². The van der Waals surface area contributed by atoms with Crippen molar-refractivity contribution in [3.05, 3.63) is 95.9 Å². The molecule has 4 heteroatoms. The van der Waals surface area contributed by atoms with Crippen molar-refractivity contribution in [2.45, 2.75) is 18.4 Å². The van der Waals surface area contributed by atoms with E-state index in [1.165, 1.54) is 12.5 Å². The topological polar surface area (TPSA) is 62.5 Å². The minimum atomic E-state index is -0.769. The molecule has 1 aromatic heterocycles. The third kappa shape index (κ3) is 4.58. The molecule has 4 nitrogen and oxygen atoms in total. The molecule has 3 aromatic rings. The zero-order valence-electron chi connectivity index (χ0n) is 13.8. The molecule has 0 aliphatic carbocycles. The molecule has 0 fully saturated rings. The molecule has 128 valence electrons. The number of furan rings is 1. The van der Waals surface area contributed by atoms with E-state index >= 15 is 0 Å².